The molecule has 1 fully saturated rings. The zero-order valence-corrected chi connectivity index (χ0v) is 10.5. The lowest BCUT2D eigenvalue weighted by molar-refractivity contribution is -0.141. The highest BCUT2D eigenvalue weighted by atomic mass is 19.4. The summed E-state index contributed by atoms with van der Waals surface area (Å²) >= 11 is 0. The molecule has 3 heterocycles. The van der Waals surface area contributed by atoms with Crippen LogP contribution in [-0.4, -0.2) is 38.9 Å². The van der Waals surface area contributed by atoms with Crippen LogP contribution in [0.3, 0.4) is 0 Å². The predicted molar refractivity (Wildman–Crippen MR) is 65.4 cm³/mol. The van der Waals surface area contributed by atoms with E-state index in [0.717, 1.165) is 6.07 Å². The molecule has 0 radical (unpaired) electrons. The molecule has 1 saturated heterocycles. The zero-order valence-electron chi connectivity index (χ0n) is 10.5. The van der Waals surface area contributed by atoms with Crippen LogP contribution in [-0.2, 0) is 6.18 Å². The van der Waals surface area contributed by atoms with Gasteiger partial charge in [0.1, 0.15) is 5.52 Å². The highest BCUT2D eigenvalue weighted by Gasteiger charge is 2.34. The minimum absolute atomic E-state index is 0.330. The molecule has 108 valence electrons. The maximum absolute atomic E-state index is 12.7. The van der Waals surface area contributed by atoms with Gasteiger partial charge in [0, 0.05) is 31.5 Å². The molecule has 0 saturated carbocycles. The van der Waals surface area contributed by atoms with E-state index >= 15 is 0 Å². The molecule has 0 atom stereocenters. The fourth-order valence-corrected chi connectivity index (χ4v) is 2.37. The minimum atomic E-state index is -4.47. The number of aromatic nitrogens is 3. The fourth-order valence-electron chi connectivity index (χ4n) is 2.37. The maximum Gasteiger partial charge on any atom is 0.435 e. The number of aliphatic hydroxyl groups is 1. The first kappa shape index (κ1) is 13.2. The van der Waals surface area contributed by atoms with Crippen molar-refractivity contribution in [2.75, 3.05) is 18.0 Å². The Morgan fingerprint density at radius 2 is 1.95 bits per heavy atom. The molecule has 20 heavy (non-hydrogen) atoms. The molecule has 0 spiro atoms. The lowest BCUT2D eigenvalue weighted by Gasteiger charge is -2.30. The van der Waals surface area contributed by atoms with E-state index in [4.69, 9.17) is 0 Å². The molecule has 0 bridgehead atoms. The van der Waals surface area contributed by atoms with Gasteiger partial charge in [-0.1, -0.05) is 0 Å². The van der Waals surface area contributed by atoms with Gasteiger partial charge < -0.3 is 10.0 Å². The maximum atomic E-state index is 12.7. The number of anilines is 1. The Morgan fingerprint density at radius 1 is 1.25 bits per heavy atom. The second kappa shape index (κ2) is 4.62. The molecule has 1 aliphatic rings. The van der Waals surface area contributed by atoms with Crippen molar-refractivity contribution in [2.45, 2.75) is 25.1 Å². The summed E-state index contributed by atoms with van der Waals surface area (Å²) in [6.45, 7) is 1.14. The van der Waals surface area contributed by atoms with Gasteiger partial charge in [-0.2, -0.15) is 18.3 Å². The summed E-state index contributed by atoms with van der Waals surface area (Å²) in [7, 11) is 0. The number of hydrogen-bond acceptors (Lipinski definition) is 4. The molecule has 3 rings (SSSR count). The van der Waals surface area contributed by atoms with E-state index in [-0.39, 0.29) is 6.10 Å². The van der Waals surface area contributed by atoms with Crippen LogP contribution >= 0.6 is 0 Å². The van der Waals surface area contributed by atoms with Crippen LogP contribution in [0.5, 0.6) is 0 Å². The van der Waals surface area contributed by atoms with Crippen molar-refractivity contribution >= 4 is 11.3 Å². The fraction of sp³-hybridized carbons (Fsp3) is 0.500. The third-order valence-corrected chi connectivity index (χ3v) is 3.42. The average molecular weight is 286 g/mol. The first-order valence-electron chi connectivity index (χ1n) is 6.30. The van der Waals surface area contributed by atoms with Crippen molar-refractivity contribution in [1.82, 2.24) is 14.6 Å². The lowest BCUT2D eigenvalue weighted by Crippen LogP contribution is -2.36. The van der Waals surface area contributed by atoms with Crippen molar-refractivity contribution in [3.63, 3.8) is 0 Å². The Kier molecular flexibility index (Phi) is 3.04. The van der Waals surface area contributed by atoms with Crippen LogP contribution in [0.1, 0.15) is 18.5 Å². The number of aliphatic hydroxyl groups excluding tert-OH is 1. The summed E-state index contributed by atoms with van der Waals surface area (Å²) < 4.78 is 39.3. The van der Waals surface area contributed by atoms with E-state index in [9.17, 15) is 18.3 Å². The molecule has 5 nitrogen and oxygen atoms in total. The number of fused-ring (bicyclic) bond motifs is 1. The third kappa shape index (κ3) is 2.31. The second-order valence-corrected chi connectivity index (χ2v) is 4.83. The van der Waals surface area contributed by atoms with Crippen molar-refractivity contribution in [2.24, 2.45) is 0 Å². The van der Waals surface area contributed by atoms with Crippen LogP contribution < -0.4 is 4.90 Å². The van der Waals surface area contributed by atoms with Gasteiger partial charge in [-0.15, -0.1) is 0 Å². The largest absolute Gasteiger partial charge is 0.435 e. The van der Waals surface area contributed by atoms with Gasteiger partial charge in [-0.05, 0) is 12.8 Å². The summed E-state index contributed by atoms with van der Waals surface area (Å²) in [6.07, 6.45) is -0.817. The Morgan fingerprint density at radius 3 is 2.60 bits per heavy atom. The molecule has 2 aromatic heterocycles. The molecule has 0 amide bonds. The van der Waals surface area contributed by atoms with Gasteiger partial charge in [0.05, 0.1) is 6.10 Å². The van der Waals surface area contributed by atoms with E-state index in [1.165, 1.54) is 16.9 Å². The van der Waals surface area contributed by atoms with Crippen LogP contribution in [0.2, 0.25) is 0 Å². The summed E-state index contributed by atoms with van der Waals surface area (Å²) in [6, 6.07) is 1.01. The van der Waals surface area contributed by atoms with Gasteiger partial charge in [0.2, 0.25) is 0 Å². The second-order valence-electron chi connectivity index (χ2n) is 4.83. The Balaban J connectivity index is 2.01. The molecular formula is C12H13F3N4O. The quantitative estimate of drug-likeness (QED) is 0.867. The van der Waals surface area contributed by atoms with Gasteiger partial charge in [0.25, 0.3) is 0 Å². The Bertz CT molecular complexity index is 617. The molecule has 0 unspecified atom stereocenters. The molecular weight excluding hydrogens is 273 g/mol. The highest BCUT2D eigenvalue weighted by Crippen LogP contribution is 2.31. The number of piperidine rings is 1. The number of hydrogen-bond donors (Lipinski definition) is 1. The zero-order chi connectivity index (χ0) is 14.3. The van der Waals surface area contributed by atoms with Gasteiger partial charge in [0.15, 0.2) is 11.5 Å². The summed E-state index contributed by atoms with van der Waals surface area (Å²) in [5, 5.41) is 13.0. The standard InChI is InChI=1S/C12H13F3N4O/c13-12(14,15)10-7-9-11(16-3-6-19(9)17-10)18-4-1-8(20)2-5-18/h3,6-8,20H,1-2,4-5H2. The van der Waals surface area contributed by atoms with Gasteiger partial charge >= 0.3 is 6.18 Å². The molecule has 2 aromatic rings. The first-order chi connectivity index (χ1) is 9.45. The van der Waals surface area contributed by atoms with Crippen LogP contribution in [0.15, 0.2) is 18.5 Å². The summed E-state index contributed by atoms with van der Waals surface area (Å²) in [5.74, 6) is 0.474. The Hall–Kier alpha value is -1.83. The van der Waals surface area contributed by atoms with Crippen LogP contribution in [0.25, 0.3) is 5.52 Å². The van der Waals surface area contributed by atoms with Gasteiger partial charge in [-0.3, -0.25) is 0 Å². The highest BCUT2D eigenvalue weighted by molar-refractivity contribution is 5.69. The van der Waals surface area contributed by atoms with Crippen LogP contribution in [0, 0.1) is 0 Å². The Labute approximate surface area is 112 Å². The first-order valence-corrected chi connectivity index (χ1v) is 6.30. The number of alkyl halides is 3. The monoisotopic (exact) mass is 286 g/mol. The predicted octanol–water partition coefficient (Wildman–Crippen LogP) is 1.71. The van der Waals surface area contributed by atoms with E-state index in [1.807, 2.05) is 4.90 Å². The average Bonchev–Trinajstić information content (AvgIpc) is 2.83. The van der Waals surface area contributed by atoms with E-state index in [2.05, 4.69) is 10.1 Å². The molecule has 8 heteroatoms. The molecule has 1 N–H and O–H groups in total. The van der Waals surface area contributed by atoms with Crippen molar-refractivity contribution < 1.29 is 18.3 Å². The number of halogens is 3. The van der Waals surface area contributed by atoms with Crippen LogP contribution in [0.4, 0.5) is 19.0 Å². The van der Waals surface area contributed by atoms with Crippen molar-refractivity contribution in [3.05, 3.63) is 24.2 Å². The number of rotatable bonds is 1. The summed E-state index contributed by atoms with van der Waals surface area (Å²) in [5.41, 5.74) is -0.597. The lowest BCUT2D eigenvalue weighted by atomic mass is 10.1. The molecule has 0 aliphatic carbocycles. The SMILES string of the molecule is OC1CCN(c2nccn3nc(C(F)(F)F)cc23)CC1. The van der Waals surface area contributed by atoms with Crippen molar-refractivity contribution in [1.29, 1.82) is 0 Å². The van der Waals surface area contributed by atoms with Gasteiger partial charge in [-0.25, -0.2) is 9.50 Å². The van der Waals surface area contributed by atoms with E-state index < -0.39 is 11.9 Å². The normalized spacial score (nSPS) is 17.9. The van der Waals surface area contributed by atoms with E-state index in [0.29, 0.717) is 37.3 Å². The minimum Gasteiger partial charge on any atom is -0.393 e. The topological polar surface area (TPSA) is 53.7 Å². The van der Waals surface area contributed by atoms with E-state index in [1.54, 1.807) is 0 Å². The molecule has 1 aliphatic heterocycles. The molecule has 0 aromatic carbocycles. The van der Waals surface area contributed by atoms with Crippen molar-refractivity contribution in [3.8, 4) is 0 Å². The smallest absolute Gasteiger partial charge is 0.393 e. The number of nitrogens with zero attached hydrogens (tertiary/aromatic N) is 4. The third-order valence-electron chi connectivity index (χ3n) is 3.42. The summed E-state index contributed by atoms with van der Waals surface area (Å²) in [4.78, 5) is 6.05.